The number of methoxy groups -OCH3 is 3. The Labute approximate surface area is 125 Å². The van der Waals surface area contributed by atoms with Gasteiger partial charge < -0.3 is 19.1 Å². The summed E-state index contributed by atoms with van der Waals surface area (Å²) in [5.41, 5.74) is 0.551. The van der Waals surface area contributed by atoms with Crippen molar-refractivity contribution in [2.75, 3.05) is 41.0 Å². The summed E-state index contributed by atoms with van der Waals surface area (Å²) in [6.45, 7) is 2.20. The molecule has 5 heteroatoms. The number of carbonyl (C=O) groups excluding carboxylic acids is 1. The molecule has 0 unspecified atom stereocenters. The van der Waals surface area contributed by atoms with E-state index in [1.54, 1.807) is 33.5 Å². The highest BCUT2D eigenvalue weighted by Gasteiger charge is 2.27. The average Bonchev–Trinajstić information content (AvgIpc) is 2.53. The van der Waals surface area contributed by atoms with Crippen LogP contribution < -0.4 is 9.47 Å². The van der Waals surface area contributed by atoms with E-state index < -0.39 is 0 Å². The third kappa shape index (κ3) is 3.47. The van der Waals surface area contributed by atoms with E-state index in [1.165, 1.54) is 0 Å². The molecule has 2 rings (SSSR count). The zero-order valence-electron chi connectivity index (χ0n) is 12.9. The van der Waals surface area contributed by atoms with Crippen LogP contribution in [0.2, 0.25) is 0 Å². The summed E-state index contributed by atoms with van der Waals surface area (Å²) < 4.78 is 15.8. The van der Waals surface area contributed by atoms with E-state index in [9.17, 15) is 4.79 Å². The maximum absolute atomic E-state index is 12.7. The highest BCUT2D eigenvalue weighted by atomic mass is 16.5. The molecule has 1 atom stereocenters. The molecule has 1 saturated heterocycles. The number of hydrogen-bond donors (Lipinski definition) is 0. The Morgan fingerprint density at radius 1 is 1.29 bits per heavy atom. The molecule has 0 radical (unpaired) electrons. The zero-order valence-corrected chi connectivity index (χ0v) is 12.9. The quantitative estimate of drug-likeness (QED) is 0.835. The first kappa shape index (κ1) is 15.6. The monoisotopic (exact) mass is 293 g/mol. The summed E-state index contributed by atoms with van der Waals surface area (Å²) in [6.07, 6.45) is 2.11. The molecule has 0 aliphatic carbocycles. The van der Waals surface area contributed by atoms with Crippen LogP contribution >= 0.6 is 0 Å². The Kier molecular flexibility index (Phi) is 5.44. The molecule has 1 aliphatic heterocycles. The normalized spacial score (nSPS) is 18.4. The van der Waals surface area contributed by atoms with Crippen molar-refractivity contribution in [1.29, 1.82) is 0 Å². The number of ether oxygens (including phenoxy) is 3. The van der Waals surface area contributed by atoms with Crippen LogP contribution in [0.4, 0.5) is 0 Å². The smallest absolute Gasteiger partial charge is 0.257 e. The first-order chi connectivity index (χ1) is 10.2. The second kappa shape index (κ2) is 7.31. The number of hydrogen-bond acceptors (Lipinski definition) is 4. The van der Waals surface area contributed by atoms with Gasteiger partial charge in [0.15, 0.2) is 11.5 Å². The van der Waals surface area contributed by atoms with Crippen LogP contribution in [0.15, 0.2) is 18.2 Å². The summed E-state index contributed by atoms with van der Waals surface area (Å²) >= 11 is 0. The predicted molar refractivity (Wildman–Crippen MR) is 80.0 cm³/mol. The molecule has 1 fully saturated rings. The molecular weight excluding hydrogens is 270 g/mol. The van der Waals surface area contributed by atoms with Crippen molar-refractivity contribution in [1.82, 2.24) is 4.90 Å². The predicted octanol–water partition coefficient (Wildman–Crippen LogP) is 2.20. The number of amides is 1. The Bertz CT molecular complexity index is 487. The lowest BCUT2D eigenvalue weighted by molar-refractivity contribution is 0.0567. The van der Waals surface area contributed by atoms with Gasteiger partial charge in [-0.3, -0.25) is 4.79 Å². The van der Waals surface area contributed by atoms with Crippen LogP contribution in [0.3, 0.4) is 0 Å². The van der Waals surface area contributed by atoms with E-state index in [1.807, 2.05) is 11.0 Å². The molecule has 1 aromatic carbocycles. The molecule has 1 aliphatic rings. The van der Waals surface area contributed by atoms with E-state index in [0.717, 1.165) is 25.9 Å². The van der Waals surface area contributed by atoms with Gasteiger partial charge in [-0.1, -0.05) is 6.07 Å². The number of benzene rings is 1. The Morgan fingerprint density at radius 3 is 2.76 bits per heavy atom. The fourth-order valence-corrected chi connectivity index (χ4v) is 2.85. The van der Waals surface area contributed by atoms with Crippen LogP contribution in [-0.4, -0.2) is 51.8 Å². The zero-order chi connectivity index (χ0) is 15.2. The maximum atomic E-state index is 12.7. The van der Waals surface area contributed by atoms with Crippen molar-refractivity contribution in [2.45, 2.75) is 12.8 Å². The minimum atomic E-state index is -0.00782. The van der Waals surface area contributed by atoms with Crippen molar-refractivity contribution in [3.63, 3.8) is 0 Å². The number of carbonyl (C=O) groups is 1. The fraction of sp³-hybridized carbons (Fsp3) is 0.562. The molecule has 0 bridgehead atoms. The highest BCUT2D eigenvalue weighted by Crippen LogP contribution is 2.32. The van der Waals surface area contributed by atoms with Crippen LogP contribution in [-0.2, 0) is 4.74 Å². The molecule has 1 heterocycles. The number of piperidine rings is 1. The number of likely N-dealkylation sites (tertiary alicyclic amines) is 1. The van der Waals surface area contributed by atoms with Crippen molar-refractivity contribution in [3.05, 3.63) is 23.8 Å². The van der Waals surface area contributed by atoms with Crippen molar-refractivity contribution in [2.24, 2.45) is 5.92 Å². The molecule has 5 nitrogen and oxygen atoms in total. The Morgan fingerprint density at radius 2 is 2.10 bits per heavy atom. The lowest BCUT2D eigenvalue weighted by atomic mass is 9.98. The van der Waals surface area contributed by atoms with Gasteiger partial charge in [0.1, 0.15) is 0 Å². The minimum absolute atomic E-state index is 0.00782. The van der Waals surface area contributed by atoms with Crippen molar-refractivity contribution in [3.8, 4) is 11.5 Å². The number of nitrogens with zero attached hydrogens (tertiary/aromatic N) is 1. The van der Waals surface area contributed by atoms with Crippen LogP contribution in [0.25, 0.3) is 0 Å². The maximum Gasteiger partial charge on any atom is 0.257 e. The molecule has 0 aromatic heterocycles. The van der Waals surface area contributed by atoms with E-state index in [0.29, 0.717) is 29.6 Å². The van der Waals surface area contributed by atoms with Gasteiger partial charge in [-0.2, -0.15) is 0 Å². The van der Waals surface area contributed by atoms with Gasteiger partial charge in [-0.25, -0.2) is 0 Å². The van der Waals surface area contributed by atoms with Crippen LogP contribution in [0.1, 0.15) is 23.2 Å². The summed E-state index contributed by atoms with van der Waals surface area (Å²) in [6, 6.07) is 5.38. The van der Waals surface area contributed by atoms with Crippen molar-refractivity contribution < 1.29 is 19.0 Å². The summed E-state index contributed by atoms with van der Waals surface area (Å²) in [5.74, 6) is 1.48. The highest BCUT2D eigenvalue weighted by molar-refractivity contribution is 5.97. The second-order valence-corrected chi connectivity index (χ2v) is 5.26. The van der Waals surface area contributed by atoms with Gasteiger partial charge in [0.25, 0.3) is 5.91 Å². The molecular formula is C16H23NO4. The van der Waals surface area contributed by atoms with Gasteiger partial charge in [0.05, 0.1) is 26.4 Å². The molecule has 0 N–H and O–H groups in total. The summed E-state index contributed by atoms with van der Waals surface area (Å²) in [5, 5.41) is 0. The number of rotatable bonds is 5. The minimum Gasteiger partial charge on any atom is -0.493 e. The van der Waals surface area contributed by atoms with E-state index in [4.69, 9.17) is 14.2 Å². The first-order valence-electron chi connectivity index (χ1n) is 7.20. The van der Waals surface area contributed by atoms with Gasteiger partial charge in [-0.05, 0) is 30.9 Å². The van der Waals surface area contributed by atoms with Crippen LogP contribution in [0, 0.1) is 5.92 Å². The fourth-order valence-electron chi connectivity index (χ4n) is 2.85. The lowest BCUT2D eigenvalue weighted by Crippen LogP contribution is -2.41. The molecule has 1 aromatic rings. The second-order valence-electron chi connectivity index (χ2n) is 5.26. The molecule has 0 saturated carbocycles. The van der Waals surface area contributed by atoms with Gasteiger partial charge in [-0.15, -0.1) is 0 Å². The average molecular weight is 293 g/mol. The molecule has 1 amide bonds. The van der Waals surface area contributed by atoms with E-state index in [-0.39, 0.29) is 5.91 Å². The SMILES string of the molecule is COC[C@H]1CCCN(C(=O)c2cccc(OC)c2OC)C1. The Balaban J connectivity index is 2.19. The van der Waals surface area contributed by atoms with Gasteiger partial charge in [0.2, 0.25) is 0 Å². The third-order valence-corrected chi connectivity index (χ3v) is 3.84. The van der Waals surface area contributed by atoms with E-state index >= 15 is 0 Å². The van der Waals surface area contributed by atoms with Gasteiger partial charge >= 0.3 is 0 Å². The third-order valence-electron chi connectivity index (χ3n) is 3.84. The lowest BCUT2D eigenvalue weighted by Gasteiger charge is -2.32. The van der Waals surface area contributed by atoms with Gasteiger partial charge in [0, 0.05) is 20.2 Å². The van der Waals surface area contributed by atoms with Crippen LogP contribution in [0.5, 0.6) is 11.5 Å². The first-order valence-corrected chi connectivity index (χ1v) is 7.20. The largest absolute Gasteiger partial charge is 0.493 e. The summed E-state index contributed by atoms with van der Waals surface area (Å²) in [4.78, 5) is 14.6. The molecule has 0 spiro atoms. The molecule has 116 valence electrons. The summed E-state index contributed by atoms with van der Waals surface area (Å²) in [7, 11) is 4.83. The van der Waals surface area contributed by atoms with Crippen molar-refractivity contribution >= 4 is 5.91 Å². The molecule has 21 heavy (non-hydrogen) atoms. The van der Waals surface area contributed by atoms with E-state index in [2.05, 4.69) is 0 Å². The Hall–Kier alpha value is -1.75. The number of para-hydroxylation sites is 1. The topological polar surface area (TPSA) is 48.0 Å². The standard InChI is InChI=1S/C16H23NO4/c1-19-11-12-6-5-9-17(10-12)16(18)13-7-4-8-14(20-2)15(13)21-3/h4,7-8,12H,5-6,9-11H2,1-3H3/t12-/m0/s1.